The zero-order valence-electron chi connectivity index (χ0n) is 20.9. The van der Waals surface area contributed by atoms with Crippen LogP contribution in [0.3, 0.4) is 0 Å². The SMILES string of the molecule is C=C(C)Cn1c(SCC(=O)N(CCC)CCC)nc2c(c1=O)C1(CCCC1)Cc1ccccc1-2. The summed E-state index contributed by atoms with van der Waals surface area (Å²) in [7, 11) is 0. The Bertz CT molecular complexity index is 1120. The van der Waals surface area contributed by atoms with Crippen molar-refractivity contribution in [3.8, 4) is 11.3 Å². The molecule has 0 bridgehead atoms. The number of thioether (sulfide) groups is 1. The topological polar surface area (TPSA) is 55.2 Å². The molecule has 1 amide bonds. The van der Waals surface area contributed by atoms with Crippen molar-refractivity contribution in [3.63, 3.8) is 0 Å². The van der Waals surface area contributed by atoms with Crippen LogP contribution in [0.5, 0.6) is 0 Å². The maximum absolute atomic E-state index is 14.1. The predicted molar refractivity (Wildman–Crippen MR) is 140 cm³/mol. The molecule has 2 aromatic rings. The summed E-state index contributed by atoms with van der Waals surface area (Å²) in [6, 6.07) is 8.39. The molecule has 0 N–H and O–H groups in total. The lowest BCUT2D eigenvalue weighted by atomic mass is 9.68. The molecule has 0 atom stereocenters. The van der Waals surface area contributed by atoms with Crippen LogP contribution in [0.2, 0.25) is 0 Å². The molecule has 0 saturated heterocycles. The molecule has 1 aromatic heterocycles. The summed E-state index contributed by atoms with van der Waals surface area (Å²) in [6.45, 7) is 12.2. The van der Waals surface area contributed by atoms with Gasteiger partial charge in [-0.25, -0.2) is 4.98 Å². The van der Waals surface area contributed by atoms with E-state index in [-0.39, 0.29) is 22.6 Å². The summed E-state index contributed by atoms with van der Waals surface area (Å²) in [6.07, 6.45) is 7.15. The second kappa shape index (κ2) is 10.5. The van der Waals surface area contributed by atoms with Gasteiger partial charge in [0.25, 0.3) is 5.56 Å². The first-order valence-electron chi connectivity index (χ1n) is 12.7. The van der Waals surface area contributed by atoms with Gasteiger partial charge >= 0.3 is 0 Å². The maximum atomic E-state index is 14.1. The largest absolute Gasteiger partial charge is 0.342 e. The van der Waals surface area contributed by atoms with Crippen molar-refractivity contribution in [1.82, 2.24) is 14.5 Å². The fraction of sp³-hybridized carbons (Fsp3) is 0.536. The van der Waals surface area contributed by atoms with Gasteiger partial charge in [-0.3, -0.25) is 14.2 Å². The van der Waals surface area contributed by atoms with E-state index in [2.05, 4.69) is 38.6 Å². The fourth-order valence-corrected chi connectivity index (χ4v) is 6.58. The maximum Gasteiger partial charge on any atom is 0.258 e. The molecule has 1 heterocycles. The van der Waals surface area contributed by atoms with Gasteiger partial charge in [0.05, 0.1) is 17.0 Å². The lowest BCUT2D eigenvalue weighted by Crippen LogP contribution is -2.40. The van der Waals surface area contributed by atoms with E-state index in [0.717, 1.165) is 80.4 Å². The van der Waals surface area contributed by atoms with E-state index in [9.17, 15) is 9.59 Å². The number of rotatable bonds is 9. The normalized spacial score (nSPS) is 15.7. The number of fused-ring (bicyclic) bond motifs is 4. The molecule has 4 rings (SSSR count). The Morgan fingerprint density at radius 3 is 2.50 bits per heavy atom. The molecule has 0 radical (unpaired) electrons. The van der Waals surface area contributed by atoms with Crippen molar-refractivity contribution in [2.24, 2.45) is 0 Å². The van der Waals surface area contributed by atoms with Gasteiger partial charge < -0.3 is 4.90 Å². The van der Waals surface area contributed by atoms with Crippen LogP contribution in [-0.2, 0) is 23.2 Å². The molecule has 34 heavy (non-hydrogen) atoms. The molecule has 1 spiro atoms. The van der Waals surface area contributed by atoms with Crippen LogP contribution < -0.4 is 5.56 Å². The first-order chi connectivity index (χ1) is 16.4. The summed E-state index contributed by atoms with van der Waals surface area (Å²) >= 11 is 1.39. The van der Waals surface area contributed by atoms with E-state index in [0.29, 0.717) is 11.7 Å². The molecule has 182 valence electrons. The first-order valence-corrected chi connectivity index (χ1v) is 13.7. The number of benzene rings is 1. The Hall–Kier alpha value is -2.34. The highest BCUT2D eigenvalue weighted by molar-refractivity contribution is 7.99. The van der Waals surface area contributed by atoms with Gasteiger partial charge in [0.15, 0.2) is 5.16 Å². The van der Waals surface area contributed by atoms with E-state index in [4.69, 9.17) is 4.98 Å². The van der Waals surface area contributed by atoms with Gasteiger partial charge in [-0.2, -0.15) is 0 Å². The van der Waals surface area contributed by atoms with Gasteiger partial charge in [-0.1, -0.05) is 74.9 Å². The second-order valence-electron chi connectivity index (χ2n) is 9.96. The standard InChI is InChI=1S/C28H37N3O2S/c1-5-15-30(16-6-2)23(32)19-34-27-29-25-22-12-8-7-11-21(22)17-28(13-9-10-14-28)24(25)26(33)31(27)18-20(3)4/h7-8,11-12H,3,5-6,9-10,13-19H2,1-2,4H3. The Balaban J connectivity index is 1.79. The third-order valence-corrected chi connectivity index (χ3v) is 8.08. The highest BCUT2D eigenvalue weighted by atomic mass is 32.2. The minimum Gasteiger partial charge on any atom is -0.342 e. The molecule has 1 aromatic carbocycles. The zero-order chi connectivity index (χ0) is 24.3. The zero-order valence-corrected chi connectivity index (χ0v) is 21.7. The van der Waals surface area contributed by atoms with Crippen molar-refractivity contribution < 1.29 is 4.79 Å². The summed E-state index contributed by atoms with van der Waals surface area (Å²) in [4.78, 5) is 34.1. The molecular formula is C28H37N3O2S. The lowest BCUT2D eigenvalue weighted by molar-refractivity contribution is -0.128. The number of carbonyl (C=O) groups excluding carboxylic acids is 1. The van der Waals surface area contributed by atoms with Gasteiger partial charge in [0.1, 0.15) is 0 Å². The van der Waals surface area contributed by atoms with Crippen LogP contribution in [0, 0.1) is 0 Å². The lowest BCUT2D eigenvalue weighted by Gasteiger charge is -2.36. The Labute approximate surface area is 207 Å². The smallest absolute Gasteiger partial charge is 0.258 e. The number of allylic oxidation sites excluding steroid dienone is 1. The predicted octanol–water partition coefficient (Wildman–Crippen LogP) is 5.60. The van der Waals surface area contributed by atoms with Crippen molar-refractivity contribution in [1.29, 1.82) is 0 Å². The van der Waals surface area contributed by atoms with Crippen LogP contribution in [0.15, 0.2) is 46.4 Å². The van der Waals surface area contributed by atoms with Crippen molar-refractivity contribution in [2.45, 2.75) is 82.8 Å². The van der Waals surface area contributed by atoms with Crippen molar-refractivity contribution in [2.75, 3.05) is 18.8 Å². The molecule has 2 aliphatic carbocycles. The number of hydrogen-bond acceptors (Lipinski definition) is 4. The van der Waals surface area contributed by atoms with E-state index in [1.165, 1.54) is 17.3 Å². The van der Waals surface area contributed by atoms with Crippen LogP contribution in [0.4, 0.5) is 0 Å². The number of carbonyl (C=O) groups is 1. The third-order valence-electron chi connectivity index (χ3n) is 7.12. The number of nitrogens with zero attached hydrogens (tertiary/aromatic N) is 3. The fourth-order valence-electron chi connectivity index (χ4n) is 5.68. The summed E-state index contributed by atoms with van der Waals surface area (Å²) in [5, 5.41) is 0.623. The number of aromatic nitrogens is 2. The van der Waals surface area contributed by atoms with Crippen LogP contribution in [0.1, 0.15) is 70.4 Å². The van der Waals surface area contributed by atoms with E-state index < -0.39 is 0 Å². The highest BCUT2D eigenvalue weighted by Crippen LogP contribution is 2.49. The van der Waals surface area contributed by atoms with E-state index in [1.54, 1.807) is 4.57 Å². The summed E-state index contributed by atoms with van der Waals surface area (Å²) in [5.74, 6) is 0.393. The van der Waals surface area contributed by atoms with Gasteiger partial charge in [-0.15, -0.1) is 0 Å². The average molecular weight is 480 g/mol. The van der Waals surface area contributed by atoms with Crippen molar-refractivity contribution in [3.05, 3.63) is 57.9 Å². The van der Waals surface area contributed by atoms with Gasteiger partial charge in [0, 0.05) is 30.6 Å². The molecule has 1 fully saturated rings. The van der Waals surface area contributed by atoms with Crippen LogP contribution >= 0.6 is 11.8 Å². The molecule has 5 nitrogen and oxygen atoms in total. The summed E-state index contributed by atoms with van der Waals surface area (Å²) in [5.41, 5.74) is 4.92. The average Bonchev–Trinajstić information content (AvgIpc) is 3.27. The minimum absolute atomic E-state index is 0.0540. The molecule has 0 unspecified atom stereocenters. The quantitative estimate of drug-likeness (QED) is 0.267. The third kappa shape index (κ3) is 4.74. The van der Waals surface area contributed by atoms with Gasteiger partial charge in [-0.05, 0) is 44.6 Å². The number of hydrogen-bond donors (Lipinski definition) is 0. The van der Waals surface area contributed by atoms with Crippen LogP contribution in [0.25, 0.3) is 11.3 Å². The number of amides is 1. The molecule has 6 heteroatoms. The highest BCUT2D eigenvalue weighted by Gasteiger charge is 2.44. The van der Waals surface area contributed by atoms with Crippen molar-refractivity contribution >= 4 is 17.7 Å². The second-order valence-corrected chi connectivity index (χ2v) is 10.9. The Morgan fingerprint density at radius 2 is 1.85 bits per heavy atom. The Kier molecular flexibility index (Phi) is 7.66. The molecular weight excluding hydrogens is 442 g/mol. The molecule has 1 saturated carbocycles. The monoisotopic (exact) mass is 479 g/mol. The molecule has 0 aliphatic heterocycles. The first kappa shape index (κ1) is 24.8. The minimum atomic E-state index is -0.122. The summed E-state index contributed by atoms with van der Waals surface area (Å²) < 4.78 is 1.77. The van der Waals surface area contributed by atoms with Gasteiger partial charge in [0.2, 0.25) is 5.91 Å². The molecule has 2 aliphatic rings. The van der Waals surface area contributed by atoms with Crippen LogP contribution in [-0.4, -0.2) is 39.2 Å². The van der Waals surface area contributed by atoms with E-state index >= 15 is 0 Å². The Morgan fingerprint density at radius 1 is 1.18 bits per heavy atom. The van der Waals surface area contributed by atoms with E-state index in [1.807, 2.05) is 17.9 Å².